The van der Waals surface area contributed by atoms with E-state index in [0.717, 1.165) is 12.0 Å². The molecular weight excluding hydrogens is 448 g/mol. The SMILES string of the molecule is CC1=C(C(=O)N[C@]23C(=O)c4c(N)cccc4[C@@]2(O)Oc2cc([C@]4(C)C[C@@H]4C)ccc23)NC(O)N1C. The van der Waals surface area contributed by atoms with Crippen LogP contribution in [0.4, 0.5) is 5.69 Å². The molecule has 35 heavy (non-hydrogen) atoms. The van der Waals surface area contributed by atoms with Crippen LogP contribution in [-0.2, 0) is 21.5 Å². The van der Waals surface area contributed by atoms with Crippen LogP contribution in [0.3, 0.4) is 0 Å². The van der Waals surface area contributed by atoms with Crippen LogP contribution in [0.15, 0.2) is 47.8 Å². The Bertz CT molecular complexity index is 1370. The second-order valence-corrected chi connectivity index (χ2v) is 10.4. The third kappa shape index (κ3) is 2.49. The standard InChI is InChI=1S/C26H28N4O5/c1-12-11-24(12,3)14-8-9-15-18(10-14)35-26(34)16-6-5-7-17(27)19(16)21(31)25(15,26)29-22(32)20-13(2)30(4)23(33)28-20/h5-10,12,23,28,33-34H,11,27H2,1-4H3,(H,29,32)/t12-,23?,24+,25+,26+/m0/s1. The lowest BCUT2D eigenvalue weighted by molar-refractivity contribution is -0.174. The molecule has 1 fully saturated rings. The molecular formula is C26H28N4O5. The summed E-state index contributed by atoms with van der Waals surface area (Å²) in [6.45, 7) is 6.02. The first-order chi connectivity index (χ1) is 16.5. The Balaban J connectivity index is 1.53. The average Bonchev–Trinajstić information content (AvgIpc) is 3.16. The average molecular weight is 477 g/mol. The molecule has 2 aliphatic heterocycles. The second-order valence-electron chi connectivity index (χ2n) is 10.4. The molecule has 4 aliphatic rings. The number of rotatable bonds is 3. The number of ether oxygens (including phenoxy) is 1. The summed E-state index contributed by atoms with van der Waals surface area (Å²) in [5.74, 6) is -2.56. The van der Waals surface area contributed by atoms with Crippen molar-refractivity contribution in [1.82, 2.24) is 15.5 Å². The molecule has 0 radical (unpaired) electrons. The normalized spacial score (nSPS) is 34.2. The Morgan fingerprint density at radius 3 is 2.63 bits per heavy atom. The zero-order valence-corrected chi connectivity index (χ0v) is 20.0. The number of nitrogens with zero attached hydrogens (tertiary/aromatic N) is 1. The maximum atomic E-state index is 14.1. The number of Topliss-reactive ketones (excluding diaryl/α,β-unsaturated/α-hetero) is 1. The van der Waals surface area contributed by atoms with Gasteiger partial charge in [-0.15, -0.1) is 0 Å². The number of nitrogens with two attached hydrogens (primary N) is 1. The van der Waals surface area contributed by atoms with E-state index >= 15 is 0 Å². The number of aliphatic hydroxyl groups excluding tert-OH is 1. The highest BCUT2D eigenvalue weighted by atomic mass is 16.6. The Hall–Kier alpha value is -3.56. The molecule has 2 aromatic carbocycles. The molecule has 0 aromatic heterocycles. The number of carbonyl (C=O) groups excluding carboxylic acids is 2. The minimum atomic E-state index is -2.20. The van der Waals surface area contributed by atoms with Crippen molar-refractivity contribution in [3.8, 4) is 5.75 Å². The Morgan fingerprint density at radius 2 is 2.00 bits per heavy atom. The van der Waals surface area contributed by atoms with Crippen LogP contribution in [0.1, 0.15) is 54.2 Å². The minimum absolute atomic E-state index is 0.00210. The van der Waals surface area contributed by atoms with Crippen molar-refractivity contribution in [2.45, 2.75) is 50.3 Å². The monoisotopic (exact) mass is 476 g/mol. The summed E-state index contributed by atoms with van der Waals surface area (Å²) in [4.78, 5) is 29.1. The number of hydrogen-bond donors (Lipinski definition) is 5. The molecule has 6 N–H and O–H groups in total. The first-order valence-corrected chi connectivity index (χ1v) is 11.7. The molecule has 1 amide bonds. The Kier molecular flexibility index (Phi) is 4.11. The Morgan fingerprint density at radius 1 is 1.29 bits per heavy atom. The summed E-state index contributed by atoms with van der Waals surface area (Å²) < 4.78 is 6.17. The van der Waals surface area contributed by atoms with E-state index < -0.39 is 29.4 Å². The summed E-state index contributed by atoms with van der Waals surface area (Å²) in [7, 11) is 1.63. The van der Waals surface area contributed by atoms with Gasteiger partial charge in [0.25, 0.3) is 11.7 Å². The number of hydrogen-bond acceptors (Lipinski definition) is 8. The van der Waals surface area contributed by atoms with Gasteiger partial charge in [-0.1, -0.05) is 38.1 Å². The van der Waals surface area contributed by atoms with Crippen LogP contribution >= 0.6 is 0 Å². The predicted molar refractivity (Wildman–Crippen MR) is 127 cm³/mol. The van der Waals surface area contributed by atoms with E-state index in [2.05, 4.69) is 24.5 Å². The number of nitrogens with one attached hydrogen (secondary N) is 2. The highest BCUT2D eigenvalue weighted by molar-refractivity contribution is 6.16. The zero-order valence-electron chi connectivity index (χ0n) is 20.0. The van der Waals surface area contributed by atoms with Crippen LogP contribution < -0.4 is 21.1 Å². The van der Waals surface area contributed by atoms with Gasteiger partial charge < -0.3 is 36.2 Å². The van der Waals surface area contributed by atoms with Crippen molar-refractivity contribution < 1.29 is 24.5 Å². The number of amides is 1. The maximum Gasteiger partial charge on any atom is 0.271 e. The smallest absolute Gasteiger partial charge is 0.271 e. The number of aliphatic hydroxyl groups is 2. The summed E-state index contributed by atoms with van der Waals surface area (Å²) in [6, 6.07) is 10.3. The molecule has 182 valence electrons. The van der Waals surface area contributed by atoms with Crippen LogP contribution in [0.2, 0.25) is 0 Å². The molecule has 1 unspecified atom stereocenters. The summed E-state index contributed by atoms with van der Waals surface area (Å²) in [6.07, 6.45) is -0.0549. The highest BCUT2D eigenvalue weighted by Gasteiger charge is 2.72. The van der Waals surface area contributed by atoms with E-state index in [-0.39, 0.29) is 27.9 Å². The number of allylic oxidation sites excluding steroid dienone is 1. The minimum Gasteiger partial charge on any atom is -0.454 e. The van der Waals surface area contributed by atoms with Crippen molar-refractivity contribution in [1.29, 1.82) is 0 Å². The van der Waals surface area contributed by atoms with E-state index in [1.165, 1.54) is 4.90 Å². The van der Waals surface area contributed by atoms with Crippen molar-refractivity contribution in [3.05, 3.63) is 70.0 Å². The molecule has 0 bridgehead atoms. The molecule has 1 saturated carbocycles. The van der Waals surface area contributed by atoms with E-state index in [0.29, 0.717) is 22.9 Å². The third-order valence-electron chi connectivity index (χ3n) is 8.56. The lowest BCUT2D eigenvalue weighted by Gasteiger charge is -2.34. The lowest BCUT2D eigenvalue weighted by atomic mass is 9.81. The second kappa shape index (κ2) is 6.56. The molecule has 2 heterocycles. The van der Waals surface area contributed by atoms with Crippen LogP contribution in [-0.4, -0.2) is 40.2 Å². The number of fused-ring (bicyclic) bond motifs is 5. The van der Waals surface area contributed by atoms with E-state index in [1.54, 1.807) is 38.2 Å². The van der Waals surface area contributed by atoms with Gasteiger partial charge in [0.15, 0.2) is 0 Å². The zero-order chi connectivity index (χ0) is 25.1. The van der Waals surface area contributed by atoms with Gasteiger partial charge in [-0.25, -0.2) is 0 Å². The largest absolute Gasteiger partial charge is 0.454 e. The predicted octanol–water partition coefficient (Wildman–Crippen LogP) is 1.35. The fraction of sp³-hybridized carbons (Fsp3) is 0.385. The summed E-state index contributed by atoms with van der Waals surface area (Å²) in [5.41, 5.74) is 6.71. The molecule has 9 nitrogen and oxygen atoms in total. The molecule has 2 aliphatic carbocycles. The van der Waals surface area contributed by atoms with Crippen molar-refractivity contribution in [2.75, 3.05) is 12.8 Å². The summed E-state index contributed by atoms with van der Waals surface area (Å²) >= 11 is 0. The van der Waals surface area contributed by atoms with Gasteiger partial charge in [-0.3, -0.25) is 9.59 Å². The molecule has 6 rings (SSSR count). The number of carbonyl (C=O) groups is 2. The fourth-order valence-corrected chi connectivity index (χ4v) is 5.86. The number of benzene rings is 2. The number of nitrogen functional groups attached to an aromatic ring is 1. The van der Waals surface area contributed by atoms with Gasteiger partial charge in [0.05, 0.1) is 5.56 Å². The molecule has 0 saturated heterocycles. The fourth-order valence-electron chi connectivity index (χ4n) is 5.86. The van der Waals surface area contributed by atoms with Gasteiger partial charge in [0.2, 0.25) is 17.7 Å². The number of anilines is 1. The molecule has 5 atom stereocenters. The first kappa shape index (κ1) is 21.9. The van der Waals surface area contributed by atoms with Crippen molar-refractivity contribution in [2.24, 2.45) is 5.92 Å². The quantitative estimate of drug-likeness (QED) is 0.419. The van der Waals surface area contributed by atoms with Crippen LogP contribution in [0.25, 0.3) is 0 Å². The summed E-state index contributed by atoms with van der Waals surface area (Å²) in [5, 5.41) is 27.7. The van der Waals surface area contributed by atoms with Gasteiger partial charge in [-0.2, -0.15) is 0 Å². The third-order valence-corrected chi connectivity index (χ3v) is 8.56. The Labute approximate surface area is 202 Å². The van der Waals surface area contributed by atoms with Crippen LogP contribution in [0.5, 0.6) is 5.75 Å². The van der Waals surface area contributed by atoms with Crippen LogP contribution in [0, 0.1) is 5.92 Å². The highest BCUT2D eigenvalue weighted by Crippen LogP contribution is 2.61. The van der Waals surface area contributed by atoms with Gasteiger partial charge in [-0.05, 0) is 42.4 Å². The van der Waals surface area contributed by atoms with Crippen molar-refractivity contribution >= 4 is 17.4 Å². The molecule has 0 spiro atoms. The molecule has 2 aromatic rings. The molecule has 9 heteroatoms. The topological polar surface area (TPSA) is 137 Å². The van der Waals surface area contributed by atoms with E-state index in [4.69, 9.17) is 10.5 Å². The number of ketones is 1. The van der Waals surface area contributed by atoms with E-state index in [9.17, 15) is 19.8 Å². The maximum absolute atomic E-state index is 14.1. The van der Waals surface area contributed by atoms with E-state index in [1.807, 2.05) is 12.1 Å². The van der Waals surface area contributed by atoms with Gasteiger partial charge in [0.1, 0.15) is 11.4 Å². The van der Waals surface area contributed by atoms with Gasteiger partial charge in [0, 0.05) is 29.6 Å². The lowest BCUT2D eigenvalue weighted by Crippen LogP contribution is -2.60. The van der Waals surface area contributed by atoms with Crippen molar-refractivity contribution in [3.63, 3.8) is 0 Å². The first-order valence-electron chi connectivity index (χ1n) is 11.7. The van der Waals surface area contributed by atoms with Gasteiger partial charge >= 0.3 is 0 Å².